The van der Waals surface area contributed by atoms with E-state index in [-0.39, 0.29) is 0 Å². The van der Waals surface area contributed by atoms with Gasteiger partial charge >= 0.3 is 0 Å². The predicted molar refractivity (Wildman–Crippen MR) is 44.8 cm³/mol. The fourth-order valence-electron chi connectivity index (χ4n) is 0.502. The number of allylic oxidation sites excluding steroid dienone is 1. The Kier molecular flexibility index (Phi) is 0.866. The van der Waals surface area contributed by atoms with Gasteiger partial charge in [0.1, 0.15) is 1.37 Å². The number of nitrogens with two attached hydrogens (primary N) is 1. The summed E-state index contributed by atoms with van der Waals surface area (Å²) in [5, 5.41) is 3.78. The van der Waals surface area contributed by atoms with Crippen molar-refractivity contribution in [1.82, 2.24) is 0 Å². The standard InChI is InChI=1S/C7H9NO3S/c1-5(2)6-3-7(11-4-6)12(8,9)10/h3-4H,1H2,2H3,(H2,8,9,10)/i1D2,2D2,3D,4D. The Morgan fingerprint density at radius 2 is 2.75 bits per heavy atom. The first-order chi connectivity index (χ1) is 8.07. The van der Waals surface area contributed by atoms with Gasteiger partial charge in [0, 0.05) is 14.3 Å². The average molecular weight is 193 g/mol. The van der Waals surface area contributed by atoms with Crippen LogP contribution in [0.1, 0.15) is 20.7 Å². The highest BCUT2D eigenvalue weighted by molar-refractivity contribution is 7.89. The molecule has 66 valence electrons. The van der Waals surface area contributed by atoms with Crippen molar-refractivity contribution >= 4 is 15.6 Å². The molecule has 1 rings (SSSR count). The number of hydrogen-bond acceptors (Lipinski definition) is 3. The SMILES string of the molecule is [2H]C([2H])=C(c1c([2H])oc(S(N)(=O)=O)c1[2H])C([2H])[2H]. The summed E-state index contributed by atoms with van der Waals surface area (Å²) in [7, 11) is -4.36. The molecule has 0 saturated carbocycles. The molecule has 0 bridgehead atoms. The smallest absolute Gasteiger partial charge is 0.271 e. The third-order valence-corrected chi connectivity index (χ3v) is 1.70. The first-order valence-corrected chi connectivity index (χ1v) is 4.27. The summed E-state index contributed by atoms with van der Waals surface area (Å²) >= 11 is 0. The van der Waals surface area contributed by atoms with Crippen molar-refractivity contribution in [3.63, 3.8) is 0 Å². The van der Waals surface area contributed by atoms with E-state index >= 15 is 0 Å². The molecule has 0 aromatic carbocycles. The van der Waals surface area contributed by atoms with E-state index in [1.54, 1.807) is 0 Å². The molecule has 0 radical (unpaired) electrons. The fourth-order valence-corrected chi connectivity index (χ4v) is 0.904. The minimum Gasteiger partial charge on any atom is -0.451 e. The third kappa shape index (κ3) is 1.75. The number of rotatable bonds is 2. The van der Waals surface area contributed by atoms with Gasteiger partial charge < -0.3 is 4.42 Å². The highest BCUT2D eigenvalue weighted by atomic mass is 32.2. The van der Waals surface area contributed by atoms with Crippen LogP contribution in [0.25, 0.3) is 5.57 Å². The Labute approximate surface area is 79.2 Å². The molecule has 1 heterocycles. The lowest BCUT2D eigenvalue weighted by Crippen LogP contribution is -2.10. The maximum Gasteiger partial charge on any atom is 0.271 e. The van der Waals surface area contributed by atoms with Crippen LogP contribution in [0.3, 0.4) is 0 Å². The van der Waals surface area contributed by atoms with E-state index in [4.69, 9.17) is 13.4 Å². The molecule has 2 N–H and O–H groups in total. The lowest BCUT2D eigenvalue weighted by atomic mass is 10.2. The summed E-state index contributed by atoms with van der Waals surface area (Å²) in [6, 6.07) is -0.820. The molecule has 12 heavy (non-hydrogen) atoms. The van der Waals surface area contributed by atoms with Crippen LogP contribution in [-0.4, -0.2) is 8.42 Å². The topological polar surface area (TPSA) is 73.3 Å². The Bertz CT molecular complexity index is 601. The van der Waals surface area contributed by atoms with Crippen LogP contribution < -0.4 is 5.14 Å². The molecule has 0 saturated heterocycles. The summed E-state index contributed by atoms with van der Waals surface area (Å²) < 4.78 is 69.9. The van der Waals surface area contributed by atoms with Gasteiger partial charge in [-0.05, 0) is 12.4 Å². The lowest BCUT2D eigenvalue weighted by Gasteiger charge is -1.88. The van der Waals surface area contributed by atoms with Crippen LogP contribution in [0.15, 0.2) is 28.3 Å². The zero-order valence-electron chi connectivity index (χ0n) is 11.8. The highest BCUT2D eigenvalue weighted by Crippen LogP contribution is 2.17. The van der Waals surface area contributed by atoms with Crippen molar-refractivity contribution in [2.75, 3.05) is 0 Å². The molecule has 0 aliphatic carbocycles. The molecule has 0 spiro atoms. The van der Waals surface area contributed by atoms with E-state index < -0.39 is 51.9 Å². The van der Waals surface area contributed by atoms with Crippen molar-refractivity contribution in [2.24, 2.45) is 5.14 Å². The molecule has 0 unspecified atom stereocenters. The molecule has 5 heteroatoms. The summed E-state index contributed by atoms with van der Waals surface area (Å²) in [5.74, 6) is 0. The van der Waals surface area contributed by atoms with Gasteiger partial charge in [-0.1, -0.05) is 6.53 Å². The van der Waals surface area contributed by atoms with Gasteiger partial charge in [0.25, 0.3) is 10.0 Å². The maximum atomic E-state index is 11.1. The molecule has 0 amide bonds. The number of furan rings is 1. The number of sulfonamides is 1. The Morgan fingerprint density at radius 3 is 3.17 bits per heavy atom. The summed E-state index contributed by atoms with van der Waals surface area (Å²) in [6.07, 6.45) is -0.819. The average Bonchev–Trinajstić information content (AvgIpc) is 2.44. The van der Waals surface area contributed by atoms with Crippen LogP contribution in [-0.2, 0) is 10.0 Å². The highest BCUT2D eigenvalue weighted by Gasteiger charge is 2.12. The van der Waals surface area contributed by atoms with E-state index in [2.05, 4.69) is 4.42 Å². The zero-order chi connectivity index (χ0) is 14.2. The Hall–Kier alpha value is -1.07. The third-order valence-electron chi connectivity index (χ3n) is 1.00. The first-order valence-electron chi connectivity index (χ1n) is 5.87. The van der Waals surface area contributed by atoms with Gasteiger partial charge in [-0.3, -0.25) is 0 Å². The first kappa shape index (κ1) is 3.76. The number of primary sulfonamides is 1. The van der Waals surface area contributed by atoms with E-state index in [1.165, 1.54) is 0 Å². The number of hydrogen-bond donors (Lipinski definition) is 1. The van der Waals surface area contributed by atoms with Crippen LogP contribution >= 0.6 is 0 Å². The van der Waals surface area contributed by atoms with Crippen LogP contribution in [0.2, 0.25) is 0 Å². The molecule has 1 aromatic heterocycles. The molecule has 4 nitrogen and oxygen atoms in total. The Balaban J connectivity index is 3.64. The quantitative estimate of drug-likeness (QED) is 0.760. The van der Waals surface area contributed by atoms with Crippen LogP contribution in [0.5, 0.6) is 0 Å². The van der Waals surface area contributed by atoms with Crippen molar-refractivity contribution in [3.8, 4) is 0 Å². The fraction of sp³-hybridized carbons (Fsp3) is 0.143. The summed E-state index contributed by atoms with van der Waals surface area (Å²) in [5.41, 5.74) is -1.14. The van der Waals surface area contributed by atoms with Crippen molar-refractivity contribution < 1.29 is 21.1 Å². The minimum atomic E-state index is -4.36. The molecule has 1 aromatic rings. The largest absolute Gasteiger partial charge is 0.451 e. The van der Waals surface area contributed by atoms with E-state index in [1.807, 2.05) is 0 Å². The summed E-state index contributed by atoms with van der Waals surface area (Å²) in [6.45, 7) is -2.79. The van der Waals surface area contributed by atoms with E-state index in [0.717, 1.165) is 0 Å². The minimum absolute atomic E-state index is 0.547. The van der Waals surface area contributed by atoms with Crippen molar-refractivity contribution in [1.29, 1.82) is 0 Å². The molecular weight excluding hydrogens is 178 g/mol. The van der Waals surface area contributed by atoms with Gasteiger partial charge in [0.15, 0.2) is 0 Å². The Morgan fingerprint density at radius 1 is 2.00 bits per heavy atom. The van der Waals surface area contributed by atoms with Gasteiger partial charge in [-0.15, -0.1) is 0 Å². The monoisotopic (exact) mass is 193 g/mol. The second kappa shape index (κ2) is 2.76. The van der Waals surface area contributed by atoms with Gasteiger partial charge in [0.05, 0.1) is 10.4 Å². The van der Waals surface area contributed by atoms with E-state index in [0.29, 0.717) is 0 Å². The van der Waals surface area contributed by atoms with Crippen LogP contribution in [0, 0.1) is 0 Å². The molecule has 0 aliphatic rings. The predicted octanol–water partition coefficient (Wildman–Crippen LogP) is 0.960. The molecule has 0 atom stereocenters. The van der Waals surface area contributed by atoms with Gasteiger partial charge in [-0.2, -0.15) is 0 Å². The molecule has 0 fully saturated rings. The zero-order valence-corrected chi connectivity index (χ0v) is 6.60. The van der Waals surface area contributed by atoms with E-state index in [9.17, 15) is 8.42 Å². The van der Waals surface area contributed by atoms with Crippen LogP contribution in [0.4, 0.5) is 0 Å². The van der Waals surface area contributed by atoms with Crippen molar-refractivity contribution in [3.05, 3.63) is 24.4 Å². The second-order valence-electron chi connectivity index (χ2n) is 1.95. The lowest BCUT2D eigenvalue weighted by molar-refractivity contribution is 0.450. The normalized spacial score (nSPS) is 18.5. The summed E-state index contributed by atoms with van der Waals surface area (Å²) in [4.78, 5) is 0. The maximum absolute atomic E-state index is 11.1. The second-order valence-corrected chi connectivity index (χ2v) is 3.41. The van der Waals surface area contributed by atoms with Crippen molar-refractivity contribution in [2.45, 2.75) is 12.0 Å². The van der Waals surface area contributed by atoms with Gasteiger partial charge in [0.2, 0.25) is 5.09 Å². The molecular formula is C7H9NO3S. The van der Waals surface area contributed by atoms with Gasteiger partial charge in [-0.25, -0.2) is 13.6 Å². The molecule has 0 aliphatic heterocycles.